The number of hydrogen-bond donors (Lipinski definition) is 1. The van der Waals surface area contributed by atoms with Gasteiger partial charge in [0.1, 0.15) is 5.82 Å². The molecule has 3 unspecified atom stereocenters. The molecule has 4 heteroatoms. The molecule has 3 nitrogen and oxygen atoms in total. The van der Waals surface area contributed by atoms with Crippen molar-refractivity contribution < 1.29 is 0 Å². The highest BCUT2D eigenvalue weighted by Gasteiger charge is 2.39. The van der Waals surface area contributed by atoms with E-state index in [9.17, 15) is 0 Å². The third-order valence-corrected chi connectivity index (χ3v) is 4.69. The van der Waals surface area contributed by atoms with Gasteiger partial charge in [0.2, 0.25) is 5.13 Å². The normalized spacial score (nSPS) is 33.5. The Balaban J connectivity index is 1.54. The molecule has 1 N–H and O–H groups in total. The third kappa shape index (κ3) is 1.87. The molecule has 2 fully saturated rings. The molecular formula is C11H17N3S. The molecule has 2 saturated carbocycles. The third-order valence-electron chi connectivity index (χ3n) is 3.93. The van der Waals surface area contributed by atoms with Crippen molar-refractivity contribution in [3.05, 3.63) is 5.82 Å². The lowest BCUT2D eigenvalue weighted by molar-refractivity contribution is 0.348. The van der Waals surface area contributed by atoms with E-state index in [-0.39, 0.29) is 0 Å². The van der Waals surface area contributed by atoms with Crippen LogP contribution in [0, 0.1) is 24.7 Å². The van der Waals surface area contributed by atoms with E-state index in [1.54, 1.807) is 0 Å². The van der Waals surface area contributed by atoms with Gasteiger partial charge in [-0.2, -0.15) is 4.37 Å². The van der Waals surface area contributed by atoms with E-state index >= 15 is 0 Å². The monoisotopic (exact) mass is 223 g/mol. The molecule has 0 saturated heterocycles. The van der Waals surface area contributed by atoms with Gasteiger partial charge in [-0.15, -0.1) is 0 Å². The number of rotatable bonds is 3. The van der Waals surface area contributed by atoms with E-state index < -0.39 is 0 Å². The van der Waals surface area contributed by atoms with E-state index in [0.717, 1.165) is 35.3 Å². The van der Waals surface area contributed by atoms with E-state index in [0.29, 0.717) is 0 Å². The largest absolute Gasteiger partial charge is 0.360 e. The summed E-state index contributed by atoms with van der Waals surface area (Å²) in [4.78, 5) is 4.33. The lowest BCUT2D eigenvalue weighted by Crippen LogP contribution is -2.19. The Hall–Kier alpha value is -0.640. The zero-order valence-corrected chi connectivity index (χ0v) is 9.89. The summed E-state index contributed by atoms with van der Waals surface area (Å²) in [5.74, 6) is 3.82. The molecule has 0 amide bonds. The van der Waals surface area contributed by atoms with Crippen molar-refractivity contribution in [1.29, 1.82) is 0 Å². The van der Waals surface area contributed by atoms with Crippen molar-refractivity contribution in [2.75, 3.05) is 11.9 Å². The topological polar surface area (TPSA) is 37.8 Å². The number of nitrogens with one attached hydrogen (secondary N) is 1. The molecule has 2 bridgehead atoms. The van der Waals surface area contributed by atoms with Crippen LogP contribution in [0.3, 0.4) is 0 Å². The SMILES string of the molecule is Cc1nsc(NCC2CC3CCC2C3)n1. The molecule has 3 atom stereocenters. The molecule has 1 heterocycles. The first-order valence-electron chi connectivity index (χ1n) is 5.85. The molecule has 1 aromatic heterocycles. The van der Waals surface area contributed by atoms with E-state index in [1.807, 2.05) is 6.92 Å². The fourth-order valence-corrected chi connectivity index (χ4v) is 3.79. The second-order valence-electron chi connectivity index (χ2n) is 4.96. The summed E-state index contributed by atoms with van der Waals surface area (Å²) in [6.45, 7) is 3.05. The molecule has 2 aliphatic rings. The second-order valence-corrected chi connectivity index (χ2v) is 5.71. The summed E-state index contributed by atoms with van der Waals surface area (Å²) in [6, 6.07) is 0. The van der Waals surface area contributed by atoms with Gasteiger partial charge >= 0.3 is 0 Å². The minimum absolute atomic E-state index is 0.885. The van der Waals surface area contributed by atoms with Crippen molar-refractivity contribution in [2.24, 2.45) is 17.8 Å². The van der Waals surface area contributed by atoms with Crippen molar-refractivity contribution in [3.63, 3.8) is 0 Å². The Morgan fingerprint density at radius 2 is 2.33 bits per heavy atom. The average Bonchev–Trinajstić information content (AvgIpc) is 2.90. The minimum atomic E-state index is 0.885. The van der Waals surface area contributed by atoms with Gasteiger partial charge in [0, 0.05) is 18.1 Å². The number of fused-ring (bicyclic) bond motifs is 2. The first-order chi connectivity index (χ1) is 7.31. The van der Waals surface area contributed by atoms with E-state index in [2.05, 4.69) is 14.7 Å². The van der Waals surface area contributed by atoms with Gasteiger partial charge in [-0.3, -0.25) is 0 Å². The highest BCUT2D eigenvalue weighted by molar-refractivity contribution is 7.09. The highest BCUT2D eigenvalue weighted by Crippen LogP contribution is 2.48. The van der Waals surface area contributed by atoms with Crippen LogP contribution in [-0.4, -0.2) is 15.9 Å². The van der Waals surface area contributed by atoms with Gasteiger partial charge in [-0.25, -0.2) is 4.98 Å². The van der Waals surface area contributed by atoms with Crippen LogP contribution in [0.25, 0.3) is 0 Å². The molecule has 0 aromatic carbocycles. The van der Waals surface area contributed by atoms with Gasteiger partial charge in [-0.1, -0.05) is 6.42 Å². The van der Waals surface area contributed by atoms with Crippen LogP contribution in [0.15, 0.2) is 0 Å². The predicted octanol–water partition coefficient (Wildman–Crippen LogP) is 2.69. The number of aromatic nitrogens is 2. The zero-order valence-electron chi connectivity index (χ0n) is 9.07. The predicted molar refractivity (Wildman–Crippen MR) is 62.1 cm³/mol. The van der Waals surface area contributed by atoms with Crippen LogP contribution in [0.4, 0.5) is 5.13 Å². The summed E-state index contributed by atoms with van der Waals surface area (Å²) in [5, 5.41) is 4.43. The van der Waals surface area contributed by atoms with Gasteiger partial charge in [0.15, 0.2) is 0 Å². The lowest BCUT2D eigenvalue weighted by atomic mass is 9.89. The number of anilines is 1. The van der Waals surface area contributed by atoms with Crippen molar-refractivity contribution in [1.82, 2.24) is 9.36 Å². The molecule has 15 heavy (non-hydrogen) atoms. The standard InChI is InChI=1S/C11H17N3S/c1-7-13-11(15-14-7)12-6-10-5-8-2-3-9(10)4-8/h8-10H,2-6H2,1H3,(H,12,13,14). The van der Waals surface area contributed by atoms with Gasteiger partial charge < -0.3 is 5.32 Å². The van der Waals surface area contributed by atoms with E-state index in [1.165, 1.54) is 37.2 Å². The van der Waals surface area contributed by atoms with Gasteiger partial charge in [0.05, 0.1) is 0 Å². The summed E-state index contributed by atoms with van der Waals surface area (Å²) < 4.78 is 4.18. The average molecular weight is 223 g/mol. The Kier molecular flexibility index (Phi) is 2.39. The molecule has 82 valence electrons. The lowest BCUT2D eigenvalue weighted by Gasteiger charge is -2.21. The summed E-state index contributed by atoms with van der Waals surface area (Å²) in [5.41, 5.74) is 0. The van der Waals surface area contributed by atoms with E-state index in [4.69, 9.17) is 0 Å². The quantitative estimate of drug-likeness (QED) is 0.856. The van der Waals surface area contributed by atoms with Crippen LogP contribution in [0.1, 0.15) is 31.5 Å². The fraction of sp³-hybridized carbons (Fsp3) is 0.818. The molecule has 3 rings (SSSR count). The van der Waals surface area contributed by atoms with Crippen LogP contribution in [0.5, 0.6) is 0 Å². The Morgan fingerprint density at radius 3 is 2.93 bits per heavy atom. The first-order valence-corrected chi connectivity index (χ1v) is 6.63. The second kappa shape index (κ2) is 3.74. The Labute approximate surface area is 94.5 Å². The maximum Gasteiger partial charge on any atom is 0.202 e. The number of nitrogens with zero attached hydrogens (tertiary/aromatic N) is 2. The minimum Gasteiger partial charge on any atom is -0.360 e. The van der Waals surface area contributed by atoms with Crippen molar-refractivity contribution >= 4 is 16.7 Å². The maximum atomic E-state index is 4.33. The zero-order chi connectivity index (χ0) is 10.3. The van der Waals surface area contributed by atoms with Gasteiger partial charge in [0.25, 0.3) is 0 Å². The molecule has 0 aliphatic heterocycles. The van der Waals surface area contributed by atoms with Crippen molar-refractivity contribution in [2.45, 2.75) is 32.6 Å². The van der Waals surface area contributed by atoms with Crippen LogP contribution in [0.2, 0.25) is 0 Å². The fourth-order valence-electron chi connectivity index (χ4n) is 3.21. The molecule has 0 radical (unpaired) electrons. The van der Waals surface area contributed by atoms with Crippen LogP contribution >= 0.6 is 11.5 Å². The summed E-state index contributed by atoms with van der Waals surface area (Å²) in [7, 11) is 0. The number of hydrogen-bond acceptors (Lipinski definition) is 4. The molecule has 2 aliphatic carbocycles. The summed E-state index contributed by atoms with van der Waals surface area (Å²) in [6.07, 6.45) is 5.88. The van der Waals surface area contributed by atoms with Crippen LogP contribution in [-0.2, 0) is 0 Å². The van der Waals surface area contributed by atoms with Gasteiger partial charge in [-0.05, 0) is 43.9 Å². The Morgan fingerprint density at radius 1 is 1.40 bits per heavy atom. The van der Waals surface area contributed by atoms with Crippen LogP contribution < -0.4 is 5.32 Å². The Bertz CT molecular complexity index is 349. The smallest absolute Gasteiger partial charge is 0.202 e. The molecule has 1 aromatic rings. The summed E-state index contributed by atoms with van der Waals surface area (Å²) >= 11 is 1.48. The number of aryl methyl sites for hydroxylation is 1. The maximum absolute atomic E-state index is 4.33. The van der Waals surface area contributed by atoms with Crippen molar-refractivity contribution in [3.8, 4) is 0 Å². The molecule has 0 spiro atoms. The molecular weight excluding hydrogens is 206 g/mol. The highest BCUT2D eigenvalue weighted by atomic mass is 32.1. The first kappa shape index (κ1) is 9.58.